The summed E-state index contributed by atoms with van der Waals surface area (Å²) in [6.07, 6.45) is 14.5. The van der Waals surface area contributed by atoms with Crippen LogP contribution in [0.15, 0.2) is 60.1 Å². The second-order valence-electron chi connectivity index (χ2n) is 7.20. The normalized spacial score (nSPS) is 17.6. The van der Waals surface area contributed by atoms with Crippen LogP contribution in [0.4, 0.5) is 0 Å². The molecule has 4 heteroatoms. The summed E-state index contributed by atoms with van der Waals surface area (Å²) in [6, 6.07) is 8.15. The van der Waals surface area contributed by atoms with Crippen LogP contribution in [0.25, 0.3) is 0 Å². The highest BCUT2D eigenvalue weighted by Crippen LogP contribution is 2.23. The summed E-state index contributed by atoms with van der Waals surface area (Å²) in [5.41, 5.74) is 1.80. The molecule has 0 heterocycles. The van der Waals surface area contributed by atoms with Crippen LogP contribution in [-0.4, -0.2) is 31.0 Å². The zero-order valence-electron chi connectivity index (χ0n) is 16.3. The molecule has 0 aliphatic heterocycles. The Labute approximate surface area is 162 Å². The van der Waals surface area contributed by atoms with Gasteiger partial charge in [-0.2, -0.15) is 0 Å². The minimum absolute atomic E-state index is 0.114. The Morgan fingerprint density at radius 2 is 1.89 bits per heavy atom. The second-order valence-corrected chi connectivity index (χ2v) is 7.20. The fourth-order valence-electron chi connectivity index (χ4n) is 3.60. The zero-order valence-corrected chi connectivity index (χ0v) is 16.3. The highest BCUT2D eigenvalue weighted by molar-refractivity contribution is 5.94. The molecular weight excluding hydrogens is 338 g/mol. The summed E-state index contributed by atoms with van der Waals surface area (Å²) in [4.78, 5) is 14.6. The van der Waals surface area contributed by atoms with Gasteiger partial charge in [0, 0.05) is 25.1 Å². The van der Waals surface area contributed by atoms with Crippen LogP contribution in [0.3, 0.4) is 0 Å². The Balaban J connectivity index is 1.54. The van der Waals surface area contributed by atoms with Gasteiger partial charge in [-0.3, -0.25) is 4.79 Å². The summed E-state index contributed by atoms with van der Waals surface area (Å²) < 4.78 is 11.1. The standard InChI is InChI=1S/C23H29NO3/c1-24(20-7-4-3-5-8-20)23(25)19-13-11-18(12-14-19)17-27-22-10-6-9-21(26-2)15-16-22/h6,9-15,20H,3-5,7-8,16-17H2,1-2H3. The zero-order chi connectivity index (χ0) is 19.1. The smallest absolute Gasteiger partial charge is 0.253 e. The van der Waals surface area contributed by atoms with Crippen LogP contribution in [0, 0.1) is 0 Å². The number of carbonyl (C=O) groups is 1. The largest absolute Gasteiger partial charge is 0.497 e. The van der Waals surface area contributed by atoms with Crippen molar-refractivity contribution in [3.63, 3.8) is 0 Å². The number of carbonyl (C=O) groups excluding carboxylic acids is 1. The Hall–Kier alpha value is -2.49. The van der Waals surface area contributed by atoms with Crippen molar-refractivity contribution in [3.8, 4) is 0 Å². The van der Waals surface area contributed by atoms with Crippen LogP contribution in [0.2, 0.25) is 0 Å². The summed E-state index contributed by atoms with van der Waals surface area (Å²) in [6.45, 7) is 0.489. The fourth-order valence-corrected chi connectivity index (χ4v) is 3.60. The molecule has 0 bridgehead atoms. The van der Waals surface area contributed by atoms with Gasteiger partial charge in [0.15, 0.2) is 0 Å². The van der Waals surface area contributed by atoms with E-state index in [1.807, 2.05) is 60.5 Å². The maximum absolute atomic E-state index is 12.7. The first-order valence-corrected chi connectivity index (χ1v) is 9.77. The summed E-state index contributed by atoms with van der Waals surface area (Å²) >= 11 is 0. The van der Waals surface area contributed by atoms with Crippen molar-refractivity contribution in [2.75, 3.05) is 14.2 Å². The lowest BCUT2D eigenvalue weighted by Crippen LogP contribution is -2.38. The molecule has 1 aromatic carbocycles. The molecule has 27 heavy (non-hydrogen) atoms. The van der Waals surface area contributed by atoms with Gasteiger partial charge in [-0.25, -0.2) is 0 Å². The molecule has 3 rings (SSSR count). The van der Waals surface area contributed by atoms with Gasteiger partial charge in [0.1, 0.15) is 18.1 Å². The third-order valence-corrected chi connectivity index (χ3v) is 5.35. The highest BCUT2D eigenvalue weighted by Gasteiger charge is 2.22. The minimum atomic E-state index is 0.114. The van der Waals surface area contributed by atoms with Crippen LogP contribution in [-0.2, 0) is 16.1 Å². The van der Waals surface area contributed by atoms with Crippen molar-refractivity contribution in [3.05, 3.63) is 71.2 Å². The van der Waals surface area contributed by atoms with Gasteiger partial charge >= 0.3 is 0 Å². The molecule has 4 nitrogen and oxygen atoms in total. The molecular formula is C23H29NO3. The first kappa shape index (κ1) is 19.3. The van der Waals surface area contributed by atoms with E-state index in [9.17, 15) is 4.79 Å². The number of amides is 1. The summed E-state index contributed by atoms with van der Waals surface area (Å²) in [5.74, 6) is 1.86. The van der Waals surface area contributed by atoms with Crippen molar-refractivity contribution in [1.82, 2.24) is 4.90 Å². The molecule has 1 aromatic rings. The lowest BCUT2D eigenvalue weighted by atomic mass is 9.94. The number of benzene rings is 1. The molecule has 0 unspecified atom stereocenters. The van der Waals surface area contributed by atoms with E-state index >= 15 is 0 Å². The third kappa shape index (κ3) is 5.25. The molecule has 0 saturated heterocycles. The van der Waals surface area contributed by atoms with Gasteiger partial charge in [0.05, 0.1) is 7.11 Å². The number of hydrogen-bond acceptors (Lipinski definition) is 3. The lowest BCUT2D eigenvalue weighted by Gasteiger charge is -2.31. The minimum Gasteiger partial charge on any atom is -0.497 e. The Morgan fingerprint density at radius 3 is 2.59 bits per heavy atom. The van der Waals surface area contributed by atoms with Gasteiger partial charge in [-0.1, -0.05) is 37.5 Å². The fraction of sp³-hybridized carbons (Fsp3) is 0.435. The van der Waals surface area contributed by atoms with E-state index in [1.54, 1.807) is 7.11 Å². The van der Waals surface area contributed by atoms with E-state index < -0.39 is 0 Å². The number of hydrogen-bond donors (Lipinski definition) is 0. The number of ether oxygens (including phenoxy) is 2. The Bertz CT molecular complexity index is 724. The molecule has 2 aliphatic rings. The summed E-state index contributed by atoms with van der Waals surface area (Å²) in [5, 5.41) is 0. The predicted molar refractivity (Wildman–Crippen MR) is 107 cm³/mol. The first-order chi connectivity index (χ1) is 13.2. The van der Waals surface area contributed by atoms with E-state index in [0.717, 1.165) is 35.5 Å². The van der Waals surface area contributed by atoms with E-state index in [-0.39, 0.29) is 5.91 Å². The number of methoxy groups -OCH3 is 1. The molecule has 0 N–H and O–H groups in total. The monoisotopic (exact) mass is 367 g/mol. The molecule has 1 saturated carbocycles. The lowest BCUT2D eigenvalue weighted by molar-refractivity contribution is 0.0696. The number of nitrogens with zero attached hydrogens (tertiary/aromatic N) is 1. The second kappa shape index (κ2) is 9.45. The van der Waals surface area contributed by atoms with Crippen molar-refractivity contribution >= 4 is 5.91 Å². The van der Waals surface area contributed by atoms with Crippen molar-refractivity contribution in [1.29, 1.82) is 0 Å². The van der Waals surface area contributed by atoms with E-state index in [1.165, 1.54) is 19.3 Å². The van der Waals surface area contributed by atoms with E-state index in [2.05, 4.69) is 0 Å². The third-order valence-electron chi connectivity index (χ3n) is 5.35. The van der Waals surface area contributed by atoms with Crippen molar-refractivity contribution in [2.45, 2.75) is 51.2 Å². The molecule has 0 spiro atoms. The van der Waals surface area contributed by atoms with Gasteiger partial charge < -0.3 is 14.4 Å². The average molecular weight is 367 g/mol. The van der Waals surface area contributed by atoms with Gasteiger partial charge in [0.2, 0.25) is 0 Å². The topological polar surface area (TPSA) is 38.8 Å². The maximum Gasteiger partial charge on any atom is 0.253 e. The molecule has 0 atom stereocenters. The molecule has 1 amide bonds. The van der Waals surface area contributed by atoms with Crippen molar-refractivity contribution < 1.29 is 14.3 Å². The highest BCUT2D eigenvalue weighted by atomic mass is 16.5. The first-order valence-electron chi connectivity index (χ1n) is 9.77. The number of rotatable bonds is 6. The average Bonchev–Trinajstić information content (AvgIpc) is 2.97. The van der Waals surface area contributed by atoms with Gasteiger partial charge in [-0.05, 0) is 48.8 Å². The molecule has 2 aliphatic carbocycles. The van der Waals surface area contributed by atoms with Crippen LogP contribution in [0.1, 0.15) is 54.4 Å². The molecule has 0 radical (unpaired) electrons. The Morgan fingerprint density at radius 1 is 1.15 bits per heavy atom. The number of allylic oxidation sites excluding steroid dienone is 4. The predicted octanol–water partition coefficient (Wildman–Crippen LogP) is 4.98. The van der Waals surface area contributed by atoms with Crippen LogP contribution in [0.5, 0.6) is 0 Å². The molecule has 144 valence electrons. The quantitative estimate of drug-likeness (QED) is 0.712. The van der Waals surface area contributed by atoms with Crippen LogP contribution >= 0.6 is 0 Å². The van der Waals surface area contributed by atoms with Crippen molar-refractivity contribution in [2.24, 2.45) is 0 Å². The maximum atomic E-state index is 12.7. The molecule has 1 fully saturated rings. The SMILES string of the molecule is COC1=CCC(OCc2ccc(C(=O)N(C)C3CCCCC3)cc2)=CC=C1. The van der Waals surface area contributed by atoms with Gasteiger partial charge in [-0.15, -0.1) is 0 Å². The van der Waals surface area contributed by atoms with E-state index in [4.69, 9.17) is 9.47 Å². The van der Waals surface area contributed by atoms with E-state index in [0.29, 0.717) is 19.1 Å². The summed E-state index contributed by atoms with van der Waals surface area (Å²) in [7, 11) is 3.60. The van der Waals surface area contributed by atoms with Crippen LogP contribution < -0.4 is 0 Å². The molecule has 0 aromatic heterocycles. The van der Waals surface area contributed by atoms with Gasteiger partial charge in [0.25, 0.3) is 5.91 Å². The Kier molecular flexibility index (Phi) is 6.74.